The molecule has 0 aromatic rings. The number of hydrogen-bond donors (Lipinski definition) is 1. The zero-order valence-corrected chi connectivity index (χ0v) is 14.9. The number of nitrogens with one attached hydrogen (secondary N) is 1. The molecular formula is C17H33NO6. The summed E-state index contributed by atoms with van der Waals surface area (Å²) in [5.74, 6) is 0.0931. The van der Waals surface area contributed by atoms with Crippen LogP contribution in [0, 0.1) is 0 Å². The van der Waals surface area contributed by atoms with E-state index in [1.54, 1.807) is 0 Å². The van der Waals surface area contributed by atoms with E-state index in [0.717, 1.165) is 25.5 Å². The molecule has 0 heterocycles. The first-order valence-corrected chi connectivity index (χ1v) is 8.82. The van der Waals surface area contributed by atoms with Gasteiger partial charge in [0, 0.05) is 19.4 Å². The monoisotopic (exact) mass is 347 g/mol. The first kappa shape index (κ1) is 23.0. The van der Waals surface area contributed by atoms with E-state index in [2.05, 4.69) is 12.2 Å². The molecule has 7 nitrogen and oxygen atoms in total. The van der Waals surface area contributed by atoms with Gasteiger partial charge in [-0.3, -0.25) is 4.79 Å². The summed E-state index contributed by atoms with van der Waals surface area (Å²) < 4.78 is 21.2. The molecular weight excluding hydrogens is 314 g/mol. The Morgan fingerprint density at radius 2 is 1.38 bits per heavy atom. The summed E-state index contributed by atoms with van der Waals surface area (Å²) in [7, 11) is 0. The van der Waals surface area contributed by atoms with Crippen LogP contribution in [0.5, 0.6) is 0 Å². The lowest BCUT2D eigenvalue weighted by Gasteiger charge is -2.08. The molecule has 142 valence electrons. The largest absolute Gasteiger partial charge is 0.379 e. The second-order valence-corrected chi connectivity index (χ2v) is 5.21. The summed E-state index contributed by atoms with van der Waals surface area (Å²) in [6.07, 6.45) is 5.02. The fraction of sp³-hybridized carbons (Fsp3) is 0.882. The number of aldehydes is 1. The molecule has 0 spiro atoms. The van der Waals surface area contributed by atoms with E-state index in [4.69, 9.17) is 18.9 Å². The van der Waals surface area contributed by atoms with E-state index >= 15 is 0 Å². The van der Waals surface area contributed by atoms with Gasteiger partial charge in [-0.2, -0.15) is 0 Å². The molecule has 0 aliphatic heterocycles. The fourth-order valence-corrected chi connectivity index (χ4v) is 1.78. The Labute approximate surface area is 145 Å². The van der Waals surface area contributed by atoms with Crippen LogP contribution in [-0.4, -0.2) is 71.6 Å². The summed E-state index contributed by atoms with van der Waals surface area (Å²) in [6, 6.07) is 0. The summed E-state index contributed by atoms with van der Waals surface area (Å²) in [5.41, 5.74) is 0. The average Bonchev–Trinajstić information content (AvgIpc) is 2.58. The maximum Gasteiger partial charge on any atom is 0.220 e. The van der Waals surface area contributed by atoms with Crippen LogP contribution in [-0.2, 0) is 28.5 Å². The van der Waals surface area contributed by atoms with Crippen molar-refractivity contribution >= 4 is 12.2 Å². The second-order valence-electron chi connectivity index (χ2n) is 5.21. The molecule has 0 fully saturated rings. The van der Waals surface area contributed by atoms with Crippen LogP contribution >= 0.6 is 0 Å². The van der Waals surface area contributed by atoms with Gasteiger partial charge in [0.2, 0.25) is 5.91 Å². The van der Waals surface area contributed by atoms with Crippen molar-refractivity contribution in [2.75, 3.05) is 59.4 Å². The van der Waals surface area contributed by atoms with E-state index in [9.17, 15) is 9.59 Å². The highest BCUT2D eigenvalue weighted by molar-refractivity contribution is 5.75. The summed E-state index contributed by atoms with van der Waals surface area (Å²) in [6.45, 7) is 6.60. The predicted molar refractivity (Wildman–Crippen MR) is 91.1 cm³/mol. The van der Waals surface area contributed by atoms with Crippen molar-refractivity contribution in [3.8, 4) is 0 Å². The number of unbranched alkanes of at least 4 members (excludes halogenated alkanes) is 2. The zero-order valence-electron chi connectivity index (χ0n) is 14.9. The van der Waals surface area contributed by atoms with Gasteiger partial charge >= 0.3 is 0 Å². The first-order chi connectivity index (χ1) is 11.8. The van der Waals surface area contributed by atoms with Gasteiger partial charge in [-0.1, -0.05) is 19.8 Å². The predicted octanol–water partition coefficient (Wildman–Crippen LogP) is 1.34. The number of rotatable bonds is 19. The lowest BCUT2D eigenvalue weighted by atomic mass is 10.2. The van der Waals surface area contributed by atoms with Crippen molar-refractivity contribution in [1.29, 1.82) is 0 Å². The lowest BCUT2D eigenvalue weighted by Crippen LogP contribution is -2.27. The van der Waals surface area contributed by atoms with Crippen molar-refractivity contribution < 1.29 is 28.5 Å². The van der Waals surface area contributed by atoms with Crippen LogP contribution in [0.25, 0.3) is 0 Å². The Hall–Kier alpha value is -1.02. The van der Waals surface area contributed by atoms with Crippen LogP contribution in [0.2, 0.25) is 0 Å². The number of carbonyl (C=O) groups is 2. The topological polar surface area (TPSA) is 83.1 Å². The summed E-state index contributed by atoms with van der Waals surface area (Å²) in [5, 5.41) is 2.83. The Morgan fingerprint density at radius 3 is 1.92 bits per heavy atom. The highest BCUT2D eigenvalue weighted by atomic mass is 16.6. The highest BCUT2D eigenvalue weighted by Gasteiger charge is 1.99. The smallest absolute Gasteiger partial charge is 0.220 e. The SMILES string of the molecule is CCCCCC(=O)NCCOCCOCCOCCOCCC=O. The van der Waals surface area contributed by atoms with Gasteiger partial charge in [-0.15, -0.1) is 0 Å². The molecule has 0 radical (unpaired) electrons. The van der Waals surface area contributed by atoms with Crippen LogP contribution in [0.4, 0.5) is 0 Å². The van der Waals surface area contributed by atoms with Gasteiger partial charge in [-0.05, 0) is 6.42 Å². The number of ether oxygens (including phenoxy) is 4. The number of amides is 1. The van der Waals surface area contributed by atoms with Crippen molar-refractivity contribution in [3.05, 3.63) is 0 Å². The zero-order chi connectivity index (χ0) is 17.7. The second kappa shape index (κ2) is 20.0. The van der Waals surface area contributed by atoms with Gasteiger partial charge in [-0.25, -0.2) is 0 Å². The van der Waals surface area contributed by atoms with Crippen LogP contribution < -0.4 is 5.32 Å². The van der Waals surface area contributed by atoms with Crippen LogP contribution in [0.1, 0.15) is 39.0 Å². The van der Waals surface area contributed by atoms with Crippen LogP contribution in [0.3, 0.4) is 0 Å². The van der Waals surface area contributed by atoms with Gasteiger partial charge in [0.25, 0.3) is 0 Å². The molecule has 0 aliphatic rings. The van der Waals surface area contributed by atoms with Crippen molar-refractivity contribution in [2.45, 2.75) is 39.0 Å². The minimum Gasteiger partial charge on any atom is -0.379 e. The summed E-state index contributed by atoms with van der Waals surface area (Å²) >= 11 is 0. The van der Waals surface area contributed by atoms with E-state index in [1.807, 2.05) is 0 Å². The van der Waals surface area contributed by atoms with Crippen molar-refractivity contribution in [3.63, 3.8) is 0 Å². The third-order valence-electron chi connectivity index (χ3n) is 3.07. The van der Waals surface area contributed by atoms with Gasteiger partial charge < -0.3 is 29.1 Å². The minimum absolute atomic E-state index is 0.0931. The van der Waals surface area contributed by atoms with Gasteiger partial charge in [0.15, 0.2) is 0 Å². The first-order valence-electron chi connectivity index (χ1n) is 8.82. The van der Waals surface area contributed by atoms with Gasteiger partial charge in [0.05, 0.1) is 52.9 Å². The molecule has 0 aromatic carbocycles. The maximum absolute atomic E-state index is 11.4. The van der Waals surface area contributed by atoms with E-state index in [1.165, 1.54) is 0 Å². The van der Waals surface area contributed by atoms with E-state index in [0.29, 0.717) is 72.2 Å². The van der Waals surface area contributed by atoms with Crippen molar-refractivity contribution in [1.82, 2.24) is 5.32 Å². The molecule has 0 unspecified atom stereocenters. The average molecular weight is 347 g/mol. The number of hydrogen-bond acceptors (Lipinski definition) is 6. The Kier molecular flexibility index (Phi) is 19.2. The van der Waals surface area contributed by atoms with E-state index in [-0.39, 0.29) is 5.91 Å². The van der Waals surface area contributed by atoms with Crippen LogP contribution in [0.15, 0.2) is 0 Å². The third kappa shape index (κ3) is 19.0. The Bertz CT molecular complexity index is 288. The van der Waals surface area contributed by atoms with Crippen molar-refractivity contribution in [2.24, 2.45) is 0 Å². The maximum atomic E-state index is 11.4. The number of carbonyl (C=O) groups excluding carboxylic acids is 2. The molecule has 0 saturated carbocycles. The molecule has 0 saturated heterocycles. The standard InChI is InChI=1S/C17H33NO6/c1-2-3-4-6-17(20)18-7-10-22-12-14-24-16-15-23-13-11-21-9-5-8-19/h8H,2-7,9-16H2,1H3,(H,18,20). The normalized spacial score (nSPS) is 10.7. The molecule has 1 amide bonds. The van der Waals surface area contributed by atoms with Gasteiger partial charge in [0.1, 0.15) is 6.29 Å². The quantitative estimate of drug-likeness (QED) is 0.280. The molecule has 24 heavy (non-hydrogen) atoms. The van der Waals surface area contributed by atoms with E-state index < -0.39 is 0 Å². The molecule has 0 aliphatic carbocycles. The third-order valence-corrected chi connectivity index (χ3v) is 3.07. The molecule has 0 bridgehead atoms. The Balaban J connectivity index is 3.07. The molecule has 1 N–H and O–H groups in total. The Morgan fingerprint density at radius 1 is 0.833 bits per heavy atom. The lowest BCUT2D eigenvalue weighted by molar-refractivity contribution is -0.121. The molecule has 0 atom stereocenters. The molecule has 7 heteroatoms. The highest BCUT2D eigenvalue weighted by Crippen LogP contribution is 1.97. The fourth-order valence-electron chi connectivity index (χ4n) is 1.78. The molecule has 0 rings (SSSR count). The minimum atomic E-state index is 0.0931. The summed E-state index contributed by atoms with van der Waals surface area (Å²) in [4.78, 5) is 21.5. The molecule has 0 aromatic heterocycles.